The summed E-state index contributed by atoms with van der Waals surface area (Å²) in [5, 5.41) is 9.56. The second kappa shape index (κ2) is 5.18. The number of aryl methyl sites for hydroxylation is 1. The number of thiophene rings is 1. The summed E-state index contributed by atoms with van der Waals surface area (Å²) in [6.45, 7) is 2.72. The highest BCUT2D eigenvalue weighted by atomic mass is 32.1. The van der Waals surface area contributed by atoms with Gasteiger partial charge in [-0.15, -0.1) is 11.3 Å². The number of hydrogen-bond donors (Lipinski definition) is 2. The molecule has 3 N–H and O–H groups in total. The van der Waals surface area contributed by atoms with E-state index >= 15 is 0 Å². The average molecular weight is 260 g/mol. The summed E-state index contributed by atoms with van der Waals surface area (Å²) < 4.78 is 0. The van der Waals surface area contributed by atoms with Crippen LogP contribution in [0.5, 0.6) is 0 Å². The molecule has 0 spiro atoms. The molecule has 0 amide bonds. The maximum Gasteiger partial charge on any atom is 0.129 e. The Bertz CT molecular complexity index is 548. The highest BCUT2D eigenvalue weighted by Crippen LogP contribution is 2.18. The molecule has 0 unspecified atom stereocenters. The molecule has 0 aliphatic carbocycles. The van der Waals surface area contributed by atoms with Crippen LogP contribution < -0.4 is 10.6 Å². The SMILES string of the molecule is Cc1cc(C(=N)N)cc(N(C)Cc2cccs2)n1. The van der Waals surface area contributed by atoms with Crippen molar-refractivity contribution >= 4 is 23.0 Å². The molecule has 94 valence electrons. The Kier molecular flexibility index (Phi) is 3.62. The average Bonchev–Trinajstić information content (AvgIpc) is 2.80. The summed E-state index contributed by atoms with van der Waals surface area (Å²) in [5.41, 5.74) is 7.12. The summed E-state index contributed by atoms with van der Waals surface area (Å²) in [7, 11) is 1.99. The van der Waals surface area contributed by atoms with Gasteiger partial charge in [-0.2, -0.15) is 0 Å². The van der Waals surface area contributed by atoms with E-state index in [9.17, 15) is 0 Å². The molecule has 5 heteroatoms. The van der Waals surface area contributed by atoms with E-state index in [1.807, 2.05) is 32.2 Å². The minimum absolute atomic E-state index is 0.0753. The molecule has 2 rings (SSSR count). The van der Waals surface area contributed by atoms with E-state index in [-0.39, 0.29) is 5.84 Å². The molecular weight excluding hydrogens is 244 g/mol. The molecule has 2 aromatic rings. The first-order chi connectivity index (χ1) is 8.56. The Balaban J connectivity index is 2.24. The van der Waals surface area contributed by atoms with Crippen molar-refractivity contribution in [2.45, 2.75) is 13.5 Å². The van der Waals surface area contributed by atoms with Crippen LogP contribution in [-0.2, 0) is 6.54 Å². The second-order valence-electron chi connectivity index (χ2n) is 4.20. The van der Waals surface area contributed by atoms with Gasteiger partial charge in [-0.1, -0.05) is 6.07 Å². The van der Waals surface area contributed by atoms with E-state index in [0.717, 1.165) is 23.6 Å². The monoisotopic (exact) mass is 260 g/mol. The maximum absolute atomic E-state index is 7.50. The number of nitrogens with two attached hydrogens (primary N) is 1. The number of pyridine rings is 1. The number of rotatable bonds is 4. The van der Waals surface area contributed by atoms with Crippen LogP contribution in [0.4, 0.5) is 5.82 Å². The predicted molar refractivity (Wildman–Crippen MR) is 76.4 cm³/mol. The molecule has 0 aliphatic heterocycles. The van der Waals surface area contributed by atoms with Gasteiger partial charge in [-0.25, -0.2) is 4.98 Å². The maximum atomic E-state index is 7.50. The molecule has 18 heavy (non-hydrogen) atoms. The Morgan fingerprint density at radius 1 is 1.50 bits per heavy atom. The van der Waals surface area contributed by atoms with E-state index in [0.29, 0.717) is 0 Å². The lowest BCUT2D eigenvalue weighted by Gasteiger charge is -2.18. The van der Waals surface area contributed by atoms with Crippen molar-refractivity contribution in [3.63, 3.8) is 0 Å². The van der Waals surface area contributed by atoms with Gasteiger partial charge in [0.2, 0.25) is 0 Å². The molecule has 4 nitrogen and oxygen atoms in total. The van der Waals surface area contributed by atoms with Crippen molar-refractivity contribution in [1.29, 1.82) is 5.41 Å². The van der Waals surface area contributed by atoms with E-state index in [2.05, 4.69) is 21.3 Å². The summed E-state index contributed by atoms with van der Waals surface area (Å²) in [6.07, 6.45) is 0. The van der Waals surface area contributed by atoms with Crippen molar-refractivity contribution in [3.8, 4) is 0 Å². The van der Waals surface area contributed by atoms with Crippen molar-refractivity contribution in [2.75, 3.05) is 11.9 Å². The van der Waals surface area contributed by atoms with Crippen LogP contribution in [-0.4, -0.2) is 17.9 Å². The normalized spacial score (nSPS) is 10.3. The topological polar surface area (TPSA) is 66.0 Å². The first kappa shape index (κ1) is 12.6. The Labute approximate surface area is 111 Å². The highest BCUT2D eigenvalue weighted by molar-refractivity contribution is 7.09. The van der Waals surface area contributed by atoms with Gasteiger partial charge in [0.05, 0.1) is 6.54 Å². The van der Waals surface area contributed by atoms with Crippen molar-refractivity contribution in [3.05, 3.63) is 45.8 Å². The largest absolute Gasteiger partial charge is 0.384 e. The molecule has 0 fully saturated rings. The van der Waals surface area contributed by atoms with Gasteiger partial charge in [0.1, 0.15) is 11.7 Å². The van der Waals surface area contributed by atoms with Crippen molar-refractivity contribution in [2.24, 2.45) is 5.73 Å². The minimum Gasteiger partial charge on any atom is -0.384 e. The molecule has 2 heterocycles. The quantitative estimate of drug-likeness (QED) is 0.655. The molecule has 0 aromatic carbocycles. The van der Waals surface area contributed by atoms with Gasteiger partial charge in [0.25, 0.3) is 0 Å². The number of nitrogen functional groups attached to an aromatic ring is 1. The molecule has 0 aliphatic rings. The zero-order chi connectivity index (χ0) is 13.1. The fourth-order valence-electron chi connectivity index (χ4n) is 1.72. The zero-order valence-electron chi connectivity index (χ0n) is 10.5. The summed E-state index contributed by atoms with van der Waals surface area (Å²) >= 11 is 1.72. The molecular formula is C13H16N4S. The number of hydrogen-bond acceptors (Lipinski definition) is 4. The summed E-state index contributed by atoms with van der Waals surface area (Å²) in [6, 6.07) is 7.81. The molecule has 2 aromatic heterocycles. The van der Waals surface area contributed by atoms with Crippen LogP contribution >= 0.6 is 11.3 Å². The zero-order valence-corrected chi connectivity index (χ0v) is 11.3. The summed E-state index contributed by atoms with van der Waals surface area (Å²) in [5.74, 6) is 0.917. The number of amidine groups is 1. The Morgan fingerprint density at radius 3 is 2.89 bits per heavy atom. The third kappa shape index (κ3) is 2.87. The van der Waals surface area contributed by atoms with Gasteiger partial charge in [0.15, 0.2) is 0 Å². The van der Waals surface area contributed by atoms with Crippen molar-refractivity contribution < 1.29 is 0 Å². The Hall–Kier alpha value is -1.88. The Morgan fingerprint density at radius 2 is 2.28 bits per heavy atom. The number of nitrogens with zero attached hydrogens (tertiary/aromatic N) is 2. The van der Waals surface area contributed by atoms with Gasteiger partial charge >= 0.3 is 0 Å². The third-order valence-electron chi connectivity index (χ3n) is 2.62. The lowest BCUT2D eigenvalue weighted by molar-refractivity contribution is 0.905. The smallest absolute Gasteiger partial charge is 0.129 e. The van der Waals surface area contributed by atoms with E-state index in [4.69, 9.17) is 11.1 Å². The standard InChI is InChI=1S/C13H16N4S/c1-9-6-10(13(14)15)7-12(16-9)17(2)8-11-4-3-5-18-11/h3-7H,8H2,1-2H3,(H3,14,15). The molecule has 0 saturated heterocycles. The minimum atomic E-state index is 0.0753. The second-order valence-corrected chi connectivity index (χ2v) is 5.24. The molecule has 0 saturated carbocycles. The summed E-state index contributed by atoms with van der Waals surface area (Å²) in [4.78, 5) is 7.82. The lowest BCUT2D eigenvalue weighted by atomic mass is 10.2. The van der Waals surface area contributed by atoms with Crippen molar-refractivity contribution in [1.82, 2.24) is 4.98 Å². The van der Waals surface area contributed by atoms with E-state index in [1.165, 1.54) is 4.88 Å². The highest BCUT2D eigenvalue weighted by Gasteiger charge is 2.08. The lowest BCUT2D eigenvalue weighted by Crippen LogP contribution is -2.19. The number of aromatic nitrogens is 1. The molecule has 0 radical (unpaired) electrons. The predicted octanol–water partition coefficient (Wildman–Crippen LogP) is 2.37. The fourth-order valence-corrected chi connectivity index (χ4v) is 2.48. The van der Waals surface area contributed by atoms with Gasteiger partial charge in [-0.3, -0.25) is 5.41 Å². The van der Waals surface area contributed by atoms with Crippen LogP contribution in [0.2, 0.25) is 0 Å². The first-order valence-electron chi connectivity index (χ1n) is 5.63. The molecule has 0 atom stereocenters. The van der Waals surface area contributed by atoms with Crippen LogP contribution in [0, 0.1) is 12.3 Å². The van der Waals surface area contributed by atoms with Crippen LogP contribution in [0.25, 0.3) is 0 Å². The van der Waals surface area contributed by atoms with Crippen LogP contribution in [0.3, 0.4) is 0 Å². The van der Waals surface area contributed by atoms with E-state index in [1.54, 1.807) is 11.3 Å². The van der Waals surface area contributed by atoms with Gasteiger partial charge in [-0.05, 0) is 30.5 Å². The van der Waals surface area contributed by atoms with Gasteiger partial charge in [0, 0.05) is 23.2 Å². The number of anilines is 1. The fraction of sp³-hybridized carbons (Fsp3) is 0.231. The van der Waals surface area contributed by atoms with Gasteiger partial charge < -0.3 is 10.6 Å². The number of nitrogens with one attached hydrogen (secondary N) is 1. The van der Waals surface area contributed by atoms with Crippen LogP contribution in [0.15, 0.2) is 29.6 Å². The van der Waals surface area contributed by atoms with Crippen LogP contribution in [0.1, 0.15) is 16.1 Å². The third-order valence-corrected chi connectivity index (χ3v) is 3.48. The first-order valence-corrected chi connectivity index (χ1v) is 6.51. The molecule has 0 bridgehead atoms. The van der Waals surface area contributed by atoms with E-state index < -0.39 is 0 Å².